The maximum atomic E-state index is 13.4. The lowest BCUT2D eigenvalue weighted by molar-refractivity contribution is 0.243. The lowest BCUT2D eigenvalue weighted by atomic mass is 9.88. The number of hydrogen-bond donors (Lipinski definition) is 1. The number of nitrogens with zero attached hydrogens (tertiary/aromatic N) is 3. The number of H-pyrrole nitrogens is 1. The van der Waals surface area contributed by atoms with Crippen molar-refractivity contribution < 1.29 is 13.3 Å². The molecule has 29 heavy (non-hydrogen) atoms. The molecular formula is C21H23FN4O2S. The van der Waals surface area contributed by atoms with Gasteiger partial charge in [-0.3, -0.25) is 10.1 Å². The van der Waals surface area contributed by atoms with Crippen LogP contribution in [0.2, 0.25) is 0 Å². The standard InChI is InChI=1S/C21H23FN4O2S/c1-28-14-29(27)26-12-8-17(9-13-26)21-19(15-6-10-23-11-7-15)20(24-25-21)16-2-4-18(22)5-3-16/h2-7,10-11,17H,8-9,12-14H2,1H3,(H,24,25). The number of benzene rings is 1. The monoisotopic (exact) mass is 414 g/mol. The van der Waals surface area contributed by atoms with Gasteiger partial charge in [-0.25, -0.2) is 12.9 Å². The highest BCUT2D eigenvalue weighted by atomic mass is 32.2. The van der Waals surface area contributed by atoms with Crippen LogP contribution in [0.4, 0.5) is 4.39 Å². The third-order valence-corrected chi connectivity index (χ3v) is 6.63. The molecule has 3 heterocycles. The Balaban J connectivity index is 1.66. The highest BCUT2D eigenvalue weighted by Crippen LogP contribution is 2.39. The van der Waals surface area contributed by atoms with Gasteiger partial charge < -0.3 is 4.74 Å². The Hall–Kier alpha value is -2.42. The van der Waals surface area contributed by atoms with E-state index in [2.05, 4.69) is 15.2 Å². The summed E-state index contributed by atoms with van der Waals surface area (Å²) in [6, 6.07) is 10.3. The molecule has 1 unspecified atom stereocenters. The molecule has 1 atom stereocenters. The summed E-state index contributed by atoms with van der Waals surface area (Å²) in [6.07, 6.45) is 5.27. The van der Waals surface area contributed by atoms with Gasteiger partial charge in [0.15, 0.2) is 0 Å². The summed E-state index contributed by atoms with van der Waals surface area (Å²) >= 11 is 0. The molecule has 1 N–H and O–H groups in total. The van der Waals surface area contributed by atoms with Crippen LogP contribution in [0.1, 0.15) is 24.5 Å². The Morgan fingerprint density at radius 1 is 1.14 bits per heavy atom. The zero-order valence-electron chi connectivity index (χ0n) is 16.2. The van der Waals surface area contributed by atoms with Gasteiger partial charge in [-0.1, -0.05) is 0 Å². The number of methoxy groups -OCH3 is 1. The van der Waals surface area contributed by atoms with E-state index in [9.17, 15) is 8.60 Å². The van der Waals surface area contributed by atoms with Crippen molar-refractivity contribution in [2.45, 2.75) is 18.8 Å². The molecule has 152 valence electrons. The van der Waals surface area contributed by atoms with Crippen molar-refractivity contribution in [1.82, 2.24) is 19.5 Å². The van der Waals surface area contributed by atoms with Crippen molar-refractivity contribution in [2.24, 2.45) is 0 Å². The van der Waals surface area contributed by atoms with Gasteiger partial charge >= 0.3 is 0 Å². The zero-order valence-corrected chi connectivity index (χ0v) is 17.0. The molecule has 2 aromatic heterocycles. The number of nitrogens with one attached hydrogen (secondary N) is 1. The molecule has 0 amide bonds. The third kappa shape index (κ3) is 4.29. The maximum Gasteiger partial charge on any atom is 0.136 e. The summed E-state index contributed by atoms with van der Waals surface area (Å²) in [4.78, 5) is 4.13. The first-order valence-corrected chi connectivity index (χ1v) is 10.8. The number of aromatic amines is 1. The van der Waals surface area contributed by atoms with Crippen molar-refractivity contribution in [3.8, 4) is 22.4 Å². The Morgan fingerprint density at radius 2 is 1.83 bits per heavy atom. The topological polar surface area (TPSA) is 71.1 Å². The van der Waals surface area contributed by atoms with Crippen molar-refractivity contribution in [3.63, 3.8) is 0 Å². The molecule has 0 radical (unpaired) electrons. The van der Waals surface area contributed by atoms with Crippen LogP contribution in [-0.4, -0.2) is 49.8 Å². The van der Waals surface area contributed by atoms with Gasteiger partial charge in [0.1, 0.15) is 28.4 Å². The van der Waals surface area contributed by atoms with Crippen molar-refractivity contribution in [2.75, 3.05) is 26.1 Å². The fraction of sp³-hybridized carbons (Fsp3) is 0.333. The quantitative estimate of drug-likeness (QED) is 0.667. The van der Waals surface area contributed by atoms with Crippen molar-refractivity contribution in [1.29, 1.82) is 0 Å². The Bertz CT molecular complexity index is 970. The van der Waals surface area contributed by atoms with Gasteiger partial charge in [-0.2, -0.15) is 5.10 Å². The maximum absolute atomic E-state index is 13.4. The van der Waals surface area contributed by atoms with E-state index >= 15 is 0 Å². The van der Waals surface area contributed by atoms with Gasteiger partial charge in [-0.15, -0.1) is 0 Å². The number of rotatable bonds is 6. The summed E-state index contributed by atoms with van der Waals surface area (Å²) in [5, 5.41) is 7.83. The normalized spacial score (nSPS) is 16.8. The van der Waals surface area contributed by atoms with Gasteiger partial charge in [0.25, 0.3) is 0 Å². The second-order valence-corrected chi connectivity index (χ2v) is 8.43. The summed E-state index contributed by atoms with van der Waals surface area (Å²) < 4.78 is 32.6. The van der Waals surface area contributed by atoms with Crippen LogP contribution in [-0.2, 0) is 15.7 Å². The summed E-state index contributed by atoms with van der Waals surface area (Å²) in [5.41, 5.74) is 4.77. The van der Waals surface area contributed by atoms with Crippen molar-refractivity contribution >= 4 is 11.0 Å². The molecule has 6 nitrogen and oxygen atoms in total. The van der Waals surface area contributed by atoms with Gasteiger partial charge in [0.05, 0.1) is 0 Å². The average Bonchev–Trinajstić information content (AvgIpc) is 3.20. The third-order valence-electron chi connectivity index (χ3n) is 5.25. The fourth-order valence-electron chi connectivity index (χ4n) is 3.80. The minimum absolute atomic E-state index is 0.228. The average molecular weight is 415 g/mol. The van der Waals surface area contributed by atoms with E-state index in [0.717, 1.165) is 54.0 Å². The van der Waals surface area contributed by atoms with E-state index in [0.29, 0.717) is 0 Å². The zero-order chi connectivity index (χ0) is 20.2. The Labute approximate surface area is 171 Å². The lowest BCUT2D eigenvalue weighted by Gasteiger charge is -2.30. The smallest absolute Gasteiger partial charge is 0.136 e. The molecule has 1 fully saturated rings. The fourth-order valence-corrected chi connectivity index (χ4v) is 4.77. The van der Waals surface area contributed by atoms with E-state index in [1.807, 2.05) is 16.4 Å². The van der Waals surface area contributed by atoms with Crippen LogP contribution < -0.4 is 0 Å². The van der Waals surface area contributed by atoms with Gasteiger partial charge in [0, 0.05) is 55.3 Å². The summed E-state index contributed by atoms with van der Waals surface area (Å²) in [5.74, 6) is 0.230. The lowest BCUT2D eigenvalue weighted by Crippen LogP contribution is -2.36. The van der Waals surface area contributed by atoms with Crippen LogP contribution in [0.3, 0.4) is 0 Å². The molecule has 0 aliphatic carbocycles. The minimum atomic E-state index is -1.10. The molecular weight excluding hydrogens is 391 g/mol. The second kappa shape index (κ2) is 8.94. The van der Waals surface area contributed by atoms with E-state index in [1.165, 1.54) is 12.1 Å². The molecule has 1 aromatic carbocycles. The first-order valence-electron chi connectivity index (χ1n) is 9.54. The van der Waals surface area contributed by atoms with Gasteiger partial charge in [0.2, 0.25) is 0 Å². The first-order chi connectivity index (χ1) is 14.2. The number of ether oxygens (including phenoxy) is 1. The molecule has 0 bridgehead atoms. The number of piperidine rings is 1. The Morgan fingerprint density at radius 3 is 2.48 bits per heavy atom. The second-order valence-electron chi connectivity index (χ2n) is 7.03. The molecule has 1 aliphatic heterocycles. The van der Waals surface area contributed by atoms with E-state index in [1.54, 1.807) is 31.6 Å². The van der Waals surface area contributed by atoms with Crippen LogP contribution >= 0.6 is 0 Å². The van der Waals surface area contributed by atoms with E-state index < -0.39 is 11.0 Å². The van der Waals surface area contributed by atoms with Gasteiger partial charge in [-0.05, 0) is 54.8 Å². The number of halogens is 1. The number of pyridine rings is 1. The number of aromatic nitrogens is 3. The highest BCUT2D eigenvalue weighted by Gasteiger charge is 2.28. The van der Waals surface area contributed by atoms with Crippen LogP contribution in [0.25, 0.3) is 22.4 Å². The predicted molar refractivity (Wildman–Crippen MR) is 111 cm³/mol. The van der Waals surface area contributed by atoms with Crippen LogP contribution in [0, 0.1) is 5.82 Å². The number of hydrogen-bond acceptors (Lipinski definition) is 4. The van der Waals surface area contributed by atoms with Crippen molar-refractivity contribution in [3.05, 3.63) is 60.3 Å². The highest BCUT2D eigenvalue weighted by molar-refractivity contribution is 7.82. The first kappa shape index (κ1) is 19.9. The van der Waals surface area contributed by atoms with Crippen LogP contribution in [0.5, 0.6) is 0 Å². The van der Waals surface area contributed by atoms with E-state index in [4.69, 9.17) is 4.74 Å². The summed E-state index contributed by atoms with van der Waals surface area (Å²) in [7, 11) is 0.458. The molecule has 8 heteroatoms. The minimum Gasteiger partial charge on any atom is -0.370 e. The largest absolute Gasteiger partial charge is 0.370 e. The molecule has 4 rings (SSSR count). The molecule has 3 aromatic rings. The molecule has 1 saturated heterocycles. The molecule has 1 aliphatic rings. The predicted octanol–water partition coefficient (Wildman–Crippen LogP) is 3.72. The molecule has 0 spiro atoms. The summed E-state index contributed by atoms with van der Waals surface area (Å²) in [6.45, 7) is 1.47. The SMILES string of the molecule is COCS(=O)N1CCC(c2[nH]nc(-c3ccc(F)cc3)c2-c2ccncc2)CC1. The van der Waals surface area contributed by atoms with Crippen LogP contribution in [0.15, 0.2) is 48.8 Å². The molecule has 0 saturated carbocycles. The Kier molecular flexibility index (Phi) is 6.13. The van der Waals surface area contributed by atoms with E-state index in [-0.39, 0.29) is 17.7 Å².